The third-order valence-electron chi connectivity index (χ3n) is 2.80. The van der Waals surface area contributed by atoms with Gasteiger partial charge in [-0.05, 0) is 38.3 Å². The van der Waals surface area contributed by atoms with Crippen molar-refractivity contribution < 1.29 is 0 Å². The lowest BCUT2D eigenvalue weighted by Crippen LogP contribution is -2.00. The van der Waals surface area contributed by atoms with Crippen LogP contribution < -0.4 is 0 Å². The van der Waals surface area contributed by atoms with Gasteiger partial charge in [-0.25, -0.2) is 0 Å². The van der Waals surface area contributed by atoms with Crippen LogP contribution in [0.25, 0.3) is 0 Å². The molecule has 0 aliphatic carbocycles. The fourth-order valence-electron chi connectivity index (χ4n) is 1.71. The van der Waals surface area contributed by atoms with Gasteiger partial charge in [-0.3, -0.25) is 0 Å². The molecular formula is C15H23S. The average molecular weight is 235 g/mol. The molecule has 0 aliphatic heterocycles. The van der Waals surface area contributed by atoms with Gasteiger partial charge in [0.2, 0.25) is 0 Å². The highest BCUT2D eigenvalue weighted by Crippen LogP contribution is 2.28. The van der Waals surface area contributed by atoms with Crippen molar-refractivity contribution in [1.29, 1.82) is 0 Å². The van der Waals surface area contributed by atoms with Crippen molar-refractivity contribution in [3.8, 4) is 0 Å². The molecule has 1 atom stereocenters. The highest BCUT2D eigenvalue weighted by atomic mass is 32.2. The van der Waals surface area contributed by atoms with Crippen LogP contribution in [0.1, 0.15) is 45.1 Å². The van der Waals surface area contributed by atoms with Crippen LogP contribution in [-0.4, -0.2) is 5.25 Å². The van der Waals surface area contributed by atoms with E-state index in [4.69, 9.17) is 0 Å². The van der Waals surface area contributed by atoms with E-state index in [2.05, 4.69) is 51.5 Å². The normalized spacial score (nSPS) is 12.7. The Labute approximate surface area is 105 Å². The highest BCUT2D eigenvalue weighted by Gasteiger charge is 2.07. The second-order valence-electron chi connectivity index (χ2n) is 4.30. The van der Waals surface area contributed by atoms with Gasteiger partial charge >= 0.3 is 0 Å². The van der Waals surface area contributed by atoms with Crippen molar-refractivity contribution in [1.82, 2.24) is 0 Å². The van der Waals surface area contributed by atoms with E-state index in [1.54, 1.807) is 0 Å². The van der Waals surface area contributed by atoms with Gasteiger partial charge in [0.25, 0.3) is 0 Å². The Kier molecular flexibility index (Phi) is 6.63. The molecule has 0 amide bonds. The topological polar surface area (TPSA) is 0 Å². The molecule has 1 rings (SSSR count). The standard InChI is InChI=1S/C15H23S/c1-4-6-7-8-14(5-2)16-15-11-9-13(3)10-12-15/h4,9-12,14H,5-8H2,1-3H3. The lowest BCUT2D eigenvalue weighted by molar-refractivity contribution is 0.677. The summed E-state index contributed by atoms with van der Waals surface area (Å²) in [6, 6.07) is 8.90. The Morgan fingerprint density at radius 3 is 2.50 bits per heavy atom. The number of hydrogen-bond acceptors (Lipinski definition) is 1. The van der Waals surface area contributed by atoms with Gasteiger partial charge < -0.3 is 0 Å². The fourth-order valence-corrected chi connectivity index (χ4v) is 2.83. The maximum absolute atomic E-state index is 2.29. The van der Waals surface area contributed by atoms with E-state index in [1.165, 1.54) is 36.1 Å². The molecule has 0 nitrogen and oxygen atoms in total. The van der Waals surface area contributed by atoms with Gasteiger partial charge in [-0.1, -0.05) is 44.4 Å². The monoisotopic (exact) mass is 235 g/mol. The minimum absolute atomic E-state index is 0.780. The van der Waals surface area contributed by atoms with Gasteiger partial charge in [0.05, 0.1) is 0 Å². The first-order valence-electron chi connectivity index (χ1n) is 6.27. The number of unbranched alkanes of at least 4 members (excludes halogenated alkanes) is 2. The zero-order valence-electron chi connectivity index (χ0n) is 10.7. The second-order valence-corrected chi connectivity index (χ2v) is 5.67. The molecule has 1 unspecified atom stereocenters. The Morgan fingerprint density at radius 1 is 1.25 bits per heavy atom. The summed E-state index contributed by atoms with van der Waals surface area (Å²) in [5, 5.41) is 0.780. The zero-order chi connectivity index (χ0) is 11.8. The minimum atomic E-state index is 0.780. The summed E-state index contributed by atoms with van der Waals surface area (Å²) in [6.07, 6.45) is 7.45. The summed E-state index contributed by atoms with van der Waals surface area (Å²) in [6.45, 7) is 6.58. The lowest BCUT2D eigenvalue weighted by Gasteiger charge is -2.14. The molecule has 0 bridgehead atoms. The van der Waals surface area contributed by atoms with Crippen molar-refractivity contribution in [2.75, 3.05) is 0 Å². The number of rotatable bonds is 7. The summed E-state index contributed by atoms with van der Waals surface area (Å²) in [4.78, 5) is 1.41. The Morgan fingerprint density at radius 2 is 1.94 bits per heavy atom. The highest BCUT2D eigenvalue weighted by molar-refractivity contribution is 8.00. The van der Waals surface area contributed by atoms with Crippen LogP contribution in [0.3, 0.4) is 0 Å². The maximum atomic E-state index is 2.29. The first-order valence-corrected chi connectivity index (χ1v) is 7.15. The van der Waals surface area contributed by atoms with Gasteiger partial charge in [-0.2, -0.15) is 0 Å². The molecule has 0 aromatic heterocycles. The zero-order valence-corrected chi connectivity index (χ0v) is 11.5. The predicted molar refractivity (Wildman–Crippen MR) is 74.9 cm³/mol. The number of hydrogen-bond donors (Lipinski definition) is 0. The molecule has 0 fully saturated rings. The van der Waals surface area contributed by atoms with Crippen LogP contribution in [0.15, 0.2) is 29.2 Å². The molecule has 0 N–H and O–H groups in total. The van der Waals surface area contributed by atoms with Crippen LogP contribution in [0, 0.1) is 13.3 Å². The molecular weight excluding hydrogens is 212 g/mol. The summed E-state index contributed by atoms with van der Waals surface area (Å²) < 4.78 is 0. The molecule has 1 radical (unpaired) electrons. The predicted octanol–water partition coefficient (Wildman–Crippen LogP) is 5.26. The molecule has 1 aromatic rings. The molecule has 0 saturated carbocycles. The van der Waals surface area contributed by atoms with E-state index in [1.807, 2.05) is 11.8 Å². The van der Waals surface area contributed by atoms with Crippen molar-refractivity contribution in [2.24, 2.45) is 0 Å². The number of benzene rings is 1. The smallest absolute Gasteiger partial charge is 0.00917 e. The largest absolute Gasteiger partial charge is 0.123 e. The van der Waals surface area contributed by atoms with E-state index >= 15 is 0 Å². The maximum Gasteiger partial charge on any atom is 0.00917 e. The van der Waals surface area contributed by atoms with Crippen molar-refractivity contribution in [3.05, 3.63) is 36.2 Å². The van der Waals surface area contributed by atoms with Crippen molar-refractivity contribution in [3.63, 3.8) is 0 Å². The van der Waals surface area contributed by atoms with Crippen LogP contribution in [0.5, 0.6) is 0 Å². The molecule has 0 saturated heterocycles. The number of aryl methyl sites for hydroxylation is 1. The van der Waals surface area contributed by atoms with E-state index < -0.39 is 0 Å². The third-order valence-corrected chi connectivity index (χ3v) is 4.24. The van der Waals surface area contributed by atoms with Gasteiger partial charge in [0.15, 0.2) is 0 Å². The van der Waals surface area contributed by atoms with Crippen LogP contribution in [-0.2, 0) is 0 Å². The quantitative estimate of drug-likeness (QED) is 0.459. The van der Waals surface area contributed by atoms with Crippen LogP contribution in [0.4, 0.5) is 0 Å². The van der Waals surface area contributed by atoms with Gasteiger partial charge in [-0.15, -0.1) is 11.8 Å². The molecule has 0 aliphatic rings. The fraction of sp³-hybridized carbons (Fsp3) is 0.533. The first kappa shape index (κ1) is 13.6. The Bertz CT molecular complexity index is 276. The van der Waals surface area contributed by atoms with E-state index in [9.17, 15) is 0 Å². The Balaban J connectivity index is 2.40. The second kappa shape index (κ2) is 7.78. The number of thioether (sulfide) groups is 1. The summed E-state index contributed by atoms with van der Waals surface area (Å²) >= 11 is 2.03. The molecule has 0 spiro atoms. The molecule has 1 heteroatoms. The van der Waals surface area contributed by atoms with Crippen molar-refractivity contribution >= 4 is 11.8 Å². The summed E-state index contributed by atoms with van der Waals surface area (Å²) in [5.41, 5.74) is 1.35. The van der Waals surface area contributed by atoms with Crippen molar-refractivity contribution in [2.45, 2.75) is 56.6 Å². The summed E-state index contributed by atoms with van der Waals surface area (Å²) in [7, 11) is 0. The summed E-state index contributed by atoms with van der Waals surface area (Å²) in [5.74, 6) is 0. The molecule has 0 heterocycles. The minimum Gasteiger partial charge on any atom is -0.123 e. The lowest BCUT2D eigenvalue weighted by atomic mass is 10.1. The van der Waals surface area contributed by atoms with E-state index in [0.29, 0.717) is 0 Å². The van der Waals surface area contributed by atoms with Crippen LogP contribution in [0.2, 0.25) is 0 Å². The molecule has 1 aromatic carbocycles. The van der Waals surface area contributed by atoms with Gasteiger partial charge in [0, 0.05) is 10.1 Å². The van der Waals surface area contributed by atoms with Crippen LogP contribution >= 0.6 is 11.8 Å². The van der Waals surface area contributed by atoms with E-state index in [-0.39, 0.29) is 0 Å². The van der Waals surface area contributed by atoms with Gasteiger partial charge in [0.1, 0.15) is 0 Å². The first-order chi connectivity index (χ1) is 7.76. The van der Waals surface area contributed by atoms with E-state index in [0.717, 1.165) is 5.25 Å². The Hall–Kier alpha value is -0.430. The SMILES string of the molecule is C[CH]CCCC(CC)Sc1ccc(C)cc1. The average Bonchev–Trinajstić information content (AvgIpc) is 2.31. The third kappa shape index (κ3) is 5.07. The molecule has 89 valence electrons. The molecule has 16 heavy (non-hydrogen) atoms.